The molecule has 1 fully saturated rings. The van der Waals surface area contributed by atoms with Crippen LogP contribution in [0.4, 0.5) is 11.6 Å². The number of aliphatic hydroxyl groups excluding tert-OH is 1. The van der Waals surface area contributed by atoms with E-state index in [0.717, 1.165) is 49.8 Å². The van der Waals surface area contributed by atoms with Crippen LogP contribution < -0.4 is 10.2 Å². The lowest BCUT2D eigenvalue weighted by atomic mass is 9.82. The molecule has 2 N–H and O–H groups in total. The Morgan fingerprint density at radius 3 is 2.79 bits per heavy atom. The number of nitrogens with one attached hydrogen (secondary N) is 1. The zero-order valence-corrected chi connectivity index (χ0v) is 12.1. The molecule has 2 rings (SSSR count). The van der Waals surface area contributed by atoms with Crippen molar-refractivity contribution in [3.05, 3.63) is 11.9 Å². The third-order valence-corrected chi connectivity index (χ3v) is 3.51. The average Bonchev–Trinajstić information content (AvgIpc) is 2.33. The molecule has 0 saturated heterocycles. The van der Waals surface area contributed by atoms with Crippen molar-refractivity contribution >= 4 is 11.6 Å². The molecular formula is C14H24N4O. The Morgan fingerprint density at radius 1 is 1.42 bits per heavy atom. The summed E-state index contributed by atoms with van der Waals surface area (Å²) in [6.45, 7) is 5.92. The van der Waals surface area contributed by atoms with E-state index in [4.69, 9.17) is 0 Å². The van der Waals surface area contributed by atoms with Crippen LogP contribution in [-0.4, -0.2) is 41.3 Å². The van der Waals surface area contributed by atoms with Crippen molar-refractivity contribution in [2.24, 2.45) is 5.92 Å². The highest BCUT2D eigenvalue weighted by Crippen LogP contribution is 2.28. The first kappa shape index (κ1) is 14.1. The van der Waals surface area contributed by atoms with Crippen LogP contribution in [0.15, 0.2) is 6.07 Å². The number of hydrogen-bond donors (Lipinski definition) is 2. The summed E-state index contributed by atoms with van der Waals surface area (Å²) in [4.78, 5) is 11.0. The van der Waals surface area contributed by atoms with Crippen LogP contribution in [-0.2, 0) is 0 Å². The van der Waals surface area contributed by atoms with E-state index in [9.17, 15) is 5.11 Å². The molecule has 0 atom stereocenters. The van der Waals surface area contributed by atoms with Crippen LogP contribution in [0.5, 0.6) is 0 Å². The molecule has 0 aromatic carbocycles. The maximum Gasteiger partial charge on any atom is 0.134 e. The average molecular weight is 264 g/mol. The number of aryl methyl sites for hydroxylation is 1. The van der Waals surface area contributed by atoms with Gasteiger partial charge in [0.15, 0.2) is 0 Å². The van der Waals surface area contributed by atoms with Gasteiger partial charge in [0.05, 0.1) is 6.10 Å². The van der Waals surface area contributed by atoms with Gasteiger partial charge in [-0.1, -0.05) is 6.92 Å². The molecule has 0 bridgehead atoms. The maximum atomic E-state index is 9.33. The third kappa shape index (κ3) is 3.80. The minimum absolute atomic E-state index is 0.0904. The van der Waals surface area contributed by atoms with Crippen molar-refractivity contribution < 1.29 is 5.11 Å². The first-order chi connectivity index (χ1) is 9.08. The number of aromatic nitrogens is 2. The minimum atomic E-state index is -0.0904. The standard InChI is InChI=1S/C14H24N4O/c1-4-5-15-13-8-14(17-10(2)16-13)18(3)9-11-6-12(19)7-11/h8,11-12,19H,4-7,9H2,1-3H3,(H,15,16,17). The van der Waals surface area contributed by atoms with E-state index in [1.807, 2.05) is 13.0 Å². The summed E-state index contributed by atoms with van der Waals surface area (Å²) in [5.41, 5.74) is 0. The van der Waals surface area contributed by atoms with Crippen molar-refractivity contribution in [3.63, 3.8) is 0 Å². The topological polar surface area (TPSA) is 61.3 Å². The van der Waals surface area contributed by atoms with Crippen molar-refractivity contribution in [2.45, 2.75) is 39.2 Å². The van der Waals surface area contributed by atoms with Gasteiger partial charge in [0.2, 0.25) is 0 Å². The second-order valence-corrected chi connectivity index (χ2v) is 5.46. The molecule has 0 radical (unpaired) electrons. The molecule has 5 heteroatoms. The van der Waals surface area contributed by atoms with Crippen LogP contribution in [0.3, 0.4) is 0 Å². The van der Waals surface area contributed by atoms with Crippen molar-refractivity contribution in [1.29, 1.82) is 0 Å². The van der Waals surface area contributed by atoms with E-state index in [2.05, 4.69) is 34.2 Å². The predicted molar refractivity (Wildman–Crippen MR) is 77.6 cm³/mol. The number of hydrogen-bond acceptors (Lipinski definition) is 5. The largest absolute Gasteiger partial charge is 0.393 e. The molecule has 1 aromatic rings. The number of aliphatic hydroxyl groups is 1. The smallest absolute Gasteiger partial charge is 0.134 e. The van der Waals surface area contributed by atoms with Gasteiger partial charge in [-0.25, -0.2) is 9.97 Å². The van der Waals surface area contributed by atoms with E-state index in [-0.39, 0.29) is 6.10 Å². The van der Waals surface area contributed by atoms with Gasteiger partial charge < -0.3 is 15.3 Å². The lowest BCUT2D eigenvalue weighted by Crippen LogP contribution is -2.37. The molecule has 5 nitrogen and oxygen atoms in total. The fourth-order valence-electron chi connectivity index (χ4n) is 2.42. The Labute approximate surface area is 115 Å². The quantitative estimate of drug-likeness (QED) is 0.820. The highest BCUT2D eigenvalue weighted by atomic mass is 16.3. The van der Waals surface area contributed by atoms with Gasteiger partial charge >= 0.3 is 0 Å². The zero-order chi connectivity index (χ0) is 13.8. The highest BCUT2D eigenvalue weighted by molar-refractivity contribution is 5.49. The Kier molecular flexibility index (Phi) is 4.58. The summed E-state index contributed by atoms with van der Waals surface area (Å²) in [7, 11) is 2.05. The molecule has 1 aliphatic rings. The normalized spacial score (nSPS) is 21.9. The highest BCUT2D eigenvalue weighted by Gasteiger charge is 2.28. The second-order valence-electron chi connectivity index (χ2n) is 5.46. The van der Waals surface area contributed by atoms with Gasteiger partial charge in [0, 0.05) is 26.2 Å². The molecule has 0 amide bonds. The fraction of sp³-hybridized carbons (Fsp3) is 0.714. The summed E-state index contributed by atoms with van der Waals surface area (Å²) in [6, 6.07) is 2.00. The molecule has 106 valence electrons. The van der Waals surface area contributed by atoms with Crippen LogP contribution in [0.1, 0.15) is 32.0 Å². The lowest BCUT2D eigenvalue weighted by Gasteiger charge is -2.34. The van der Waals surface area contributed by atoms with Crippen LogP contribution in [0, 0.1) is 12.8 Å². The van der Waals surface area contributed by atoms with E-state index >= 15 is 0 Å². The second kappa shape index (κ2) is 6.19. The Balaban J connectivity index is 1.99. The summed E-state index contributed by atoms with van der Waals surface area (Å²) in [5, 5.41) is 12.6. The molecule has 0 unspecified atom stereocenters. The van der Waals surface area contributed by atoms with Gasteiger partial charge in [-0.15, -0.1) is 0 Å². The molecule has 1 saturated carbocycles. The number of rotatable bonds is 6. The lowest BCUT2D eigenvalue weighted by molar-refractivity contribution is 0.0464. The SMILES string of the molecule is CCCNc1cc(N(C)CC2CC(O)C2)nc(C)n1. The maximum absolute atomic E-state index is 9.33. The monoisotopic (exact) mass is 264 g/mol. The van der Waals surface area contributed by atoms with Crippen molar-refractivity contribution in [3.8, 4) is 0 Å². The van der Waals surface area contributed by atoms with Gasteiger partial charge in [-0.05, 0) is 32.1 Å². The van der Waals surface area contributed by atoms with E-state index in [1.54, 1.807) is 0 Å². The molecule has 1 heterocycles. The molecule has 19 heavy (non-hydrogen) atoms. The van der Waals surface area contributed by atoms with E-state index in [1.165, 1.54) is 0 Å². The molecular weight excluding hydrogens is 240 g/mol. The van der Waals surface area contributed by atoms with Crippen LogP contribution in [0.25, 0.3) is 0 Å². The van der Waals surface area contributed by atoms with Gasteiger partial charge in [0.1, 0.15) is 17.5 Å². The van der Waals surface area contributed by atoms with Gasteiger partial charge in [-0.3, -0.25) is 0 Å². The zero-order valence-electron chi connectivity index (χ0n) is 12.1. The third-order valence-electron chi connectivity index (χ3n) is 3.51. The molecule has 0 spiro atoms. The van der Waals surface area contributed by atoms with Crippen LogP contribution >= 0.6 is 0 Å². The van der Waals surface area contributed by atoms with Crippen molar-refractivity contribution in [1.82, 2.24) is 9.97 Å². The first-order valence-corrected chi connectivity index (χ1v) is 7.07. The van der Waals surface area contributed by atoms with Crippen LogP contribution in [0.2, 0.25) is 0 Å². The predicted octanol–water partition coefficient (Wildman–Crippen LogP) is 1.81. The molecule has 0 aliphatic heterocycles. The summed E-state index contributed by atoms with van der Waals surface area (Å²) >= 11 is 0. The van der Waals surface area contributed by atoms with E-state index in [0.29, 0.717) is 5.92 Å². The van der Waals surface area contributed by atoms with Gasteiger partial charge in [0.25, 0.3) is 0 Å². The molecule has 1 aromatic heterocycles. The number of anilines is 2. The minimum Gasteiger partial charge on any atom is -0.393 e. The van der Waals surface area contributed by atoms with Crippen molar-refractivity contribution in [2.75, 3.05) is 30.4 Å². The Morgan fingerprint density at radius 2 is 2.16 bits per heavy atom. The fourth-order valence-corrected chi connectivity index (χ4v) is 2.42. The summed E-state index contributed by atoms with van der Waals surface area (Å²) in [6.07, 6.45) is 2.81. The number of nitrogens with zero attached hydrogens (tertiary/aromatic N) is 3. The Hall–Kier alpha value is -1.36. The first-order valence-electron chi connectivity index (χ1n) is 7.07. The summed E-state index contributed by atoms with van der Waals surface area (Å²) in [5.74, 6) is 3.22. The Bertz CT molecular complexity index is 418. The summed E-state index contributed by atoms with van der Waals surface area (Å²) < 4.78 is 0. The molecule has 1 aliphatic carbocycles. The van der Waals surface area contributed by atoms with Gasteiger partial charge in [-0.2, -0.15) is 0 Å². The van der Waals surface area contributed by atoms with E-state index < -0.39 is 0 Å².